The van der Waals surface area contributed by atoms with Gasteiger partial charge in [-0.25, -0.2) is 4.79 Å². The summed E-state index contributed by atoms with van der Waals surface area (Å²) in [5.41, 5.74) is 2.16. The number of Topliss-reactive ketones (excluding diaryl/α,β-unsaturated/α-hetero) is 1. The first-order chi connectivity index (χ1) is 10.6. The van der Waals surface area contributed by atoms with Crippen LogP contribution in [0.4, 0.5) is 0 Å². The fourth-order valence-electron chi connectivity index (χ4n) is 1.97. The Labute approximate surface area is 129 Å². The zero-order valence-electron chi connectivity index (χ0n) is 12.5. The average molecular weight is 298 g/mol. The van der Waals surface area contributed by atoms with Gasteiger partial charge in [0, 0.05) is 6.42 Å². The van der Waals surface area contributed by atoms with E-state index in [-0.39, 0.29) is 19.0 Å². The fourth-order valence-corrected chi connectivity index (χ4v) is 1.97. The van der Waals surface area contributed by atoms with E-state index in [1.54, 1.807) is 0 Å². The topological polar surface area (TPSA) is 52.6 Å². The summed E-state index contributed by atoms with van der Waals surface area (Å²) in [6.45, 7) is 0.941. The normalized spacial score (nSPS) is 10.0. The van der Waals surface area contributed by atoms with E-state index >= 15 is 0 Å². The molecule has 0 aliphatic rings. The van der Waals surface area contributed by atoms with Crippen LogP contribution >= 0.6 is 0 Å². The van der Waals surface area contributed by atoms with Crippen molar-refractivity contribution in [3.63, 3.8) is 0 Å². The molecule has 2 aromatic rings. The number of para-hydroxylation sites is 1. The number of rotatable bonds is 7. The molecular weight excluding hydrogens is 280 g/mol. The van der Waals surface area contributed by atoms with E-state index in [0.717, 1.165) is 17.5 Å². The minimum Gasteiger partial charge on any atom is -0.482 e. The SMILES string of the molecule is CC(=O)COC(=O)COc1ccccc1Cc1ccccc1. The maximum absolute atomic E-state index is 11.5. The highest BCUT2D eigenvalue weighted by Gasteiger charge is 2.09. The van der Waals surface area contributed by atoms with E-state index < -0.39 is 5.97 Å². The molecule has 0 bridgehead atoms. The van der Waals surface area contributed by atoms with E-state index in [4.69, 9.17) is 9.47 Å². The van der Waals surface area contributed by atoms with Gasteiger partial charge in [0.2, 0.25) is 0 Å². The zero-order chi connectivity index (χ0) is 15.8. The molecule has 0 saturated carbocycles. The molecule has 0 spiro atoms. The highest BCUT2D eigenvalue weighted by Crippen LogP contribution is 2.21. The number of ketones is 1. The quantitative estimate of drug-likeness (QED) is 0.738. The molecule has 0 aliphatic heterocycles. The molecule has 0 saturated heterocycles. The lowest BCUT2D eigenvalue weighted by molar-refractivity contribution is -0.149. The van der Waals surface area contributed by atoms with Gasteiger partial charge in [-0.15, -0.1) is 0 Å². The Morgan fingerprint density at radius 1 is 0.909 bits per heavy atom. The van der Waals surface area contributed by atoms with Crippen molar-refractivity contribution in [1.29, 1.82) is 0 Å². The third-order valence-electron chi connectivity index (χ3n) is 2.99. The summed E-state index contributed by atoms with van der Waals surface area (Å²) in [6, 6.07) is 17.6. The zero-order valence-corrected chi connectivity index (χ0v) is 12.5. The van der Waals surface area contributed by atoms with Gasteiger partial charge < -0.3 is 9.47 Å². The lowest BCUT2D eigenvalue weighted by atomic mass is 10.0. The summed E-state index contributed by atoms with van der Waals surface area (Å²) in [6.07, 6.45) is 0.722. The maximum atomic E-state index is 11.5. The summed E-state index contributed by atoms with van der Waals surface area (Å²) < 4.78 is 10.3. The standard InChI is InChI=1S/C18H18O4/c1-14(19)12-22-18(20)13-21-17-10-6-5-9-16(17)11-15-7-3-2-4-8-15/h2-10H,11-13H2,1H3. The summed E-state index contributed by atoms with van der Waals surface area (Å²) in [4.78, 5) is 22.3. The van der Waals surface area contributed by atoms with Gasteiger partial charge in [0.05, 0.1) is 0 Å². The van der Waals surface area contributed by atoms with Crippen LogP contribution in [0, 0.1) is 0 Å². The third kappa shape index (κ3) is 5.05. The molecule has 0 N–H and O–H groups in total. The van der Waals surface area contributed by atoms with Gasteiger partial charge in [-0.2, -0.15) is 0 Å². The Hall–Kier alpha value is -2.62. The molecule has 0 amide bonds. The molecule has 114 valence electrons. The number of carbonyl (C=O) groups is 2. The molecule has 22 heavy (non-hydrogen) atoms. The molecule has 0 aromatic heterocycles. The largest absolute Gasteiger partial charge is 0.482 e. The first-order valence-corrected chi connectivity index (χ1v) is 7.05. The number of hydrogen-bond donors (Lipinski definition) is 0. The Balaban J connectivity index is 1.96. The van der Waals surface area contributed by atoms with Crippen molar-refractivity contribution in [3.8, 4) is 5.75 Å². The van der Waals surface area contributed by atoms with Crippen molar-refractivity contribution in [2.45, 2.75) is 13.3 Å². The third-order valence-corrected chi connectivity index (χ3v) is 2.99. The maximum Gasteiger partial charge on any atom is 0.344 e. The highest BCUT2D eigenvalue weighted by atomic mass is 16.6. The van der Waals surface area contributed by atoms with Gasteiger partial charge in [-0.1, -0.05) is 48.5 Å². The van der Waals surface area contributed by atoms with Crippen LogP contribution in [0.1, 0.15) is 18.1 Å². The van der Waals surface area contributed by atoms with Crippen LogP contribution in [0.5, 0.6) is 5.75 Å². The van der Waals surface area contributed by atoms with Crippen molar-refractivity contribution in [1.82, 2.24) is 0 Å². The average Bonchev–Trinajstić information content (AvgIpc) is 2.53. The minimum atomic E-state index is -0.551. The number of benzene rings is 2. The smallest absolute Gasteiger partial charge is 0.344 e. The predicted octanol–water partition coefficient (Wildman–Crippen LogP) is 2.79. The van der Waals surface area contributed by atoms with Crippen LogP contribution in [0.2, 0.25) is 0 Å². The lowest BCUT2D eigenvalue weighted by Gasteiger charge is -2.11. The number of esters is 1. The first-order valence-electron chi connectivity index (χ1n) is 7.05. The van der Waals surface area contributed by atoms with E-state index in [1.165, 1.54) is 6.92 Å². The van der Waals surface area contributed by atoms with Crippen LogP contribution in [0.25, 0.3) is 0 Å². The van der Waals surface area contributed by atoms with Gasteiger partial charge in [0.15, 0.2) is 12.4 Å². The molecule has 0 heterocycles. The van der Waals surface area contributed by atoms with Gasteiger partial charge in [0.25, 0.3) is 0 Å². The molecule has 0 radical (unpaired) electrons. The van der Waals surface area contributed by atoms with Gasteiger partial charge >= 0.3 is 5.97 Å². The van der Waals surface area contributed by atoms with Gasteiger partial charge in [-0.05, 0) is 24.1 Å². The van der Waals surface area contributed by atoms with Gasteiger partial charge in [-0.3, -0.25) is 4.79 Å². The second-order valence-corrected chi connectivity index (χ2v) is 4.92. The molecule has 0 unspecified atom stereocenters. The number of hydrogen-bond acceptors (Lipinski definition) is 4. The summed E-state index contributed by atoms with van der Waals surface area (Å²) in [5, 5.41) is 0. The summed E-state index contributed by atoms with van der Waals surface area (Å²) in [5.74, 6) is -0.103. The fraction of sp³-hybridized carbons (Fsp3) is 0.222. The van der Waals surface area contributed by atoms with Gasteiger partial charge in [0.1, 0.15) is 12.4 Å². The molecular formula is C18H18O4. The van der Waals surface area contributed by atoms with Crippen molar-refractivity contribution in [2.24, 2.45) is 0 Å². The first kappa shape index (κ1) is 15.8. The lowest BCUT2D eigenvalue weighted by Crippen LogP contribution is -2.18. The van der Waals surface area contributed by atoms with Crippen molar-refractivity contribution in [3.05, 3.63) is 65.7 Å². The second-order valence-electron chi connectivity index (χ2n) is 4.92. The van der Waals surface area contributed by atoms with Crippen LogP contribution in [-0.4, -0.2) is 25.0 Å². The molecule has 4 nitrogen and oxygen atoms in total. The van der Waals surface area contributed by atoms with Crippen LogP contribution in [0.3, 0.4) is 0 Å². The molecule has 2 aromatic carbocycles. The molecule has 0 aliphatic carbocycles. The Morgan fingerprint density at radius 3 is 2.32 bits per heavy atom. The monoisotopic (exact) mass is 298 g/mol. The Bertz CT molecular complexity index is 635. The minimum absolute atomic E-state index is 0.196. The van der Waals surface area contributed by atoms with E-state index in [9.17, 15) is 9.59 Å². The number of carbonyl (C=O) groups excluding carboxylic acids is 2. The van der Waals surface area contributed by atoms with Crippen LogP contribution < -0.4 is 4.74 Å². The number of ether oxygens (including phenoxy) is 2. The van der Waals surface area contributed by atoms with E-state index in [1.807, 2.05) is 54.6 Å². The Morgan fingerprint density at radius 2 is 1.59 bits per heavy atom. The van der Waals surface area contributed by atoms with Crippen molar-refractivity contribution < 1.29 is 19.1 Å². The Kier molecular flexibility index (Phi) is 5.72. The summed E-state index contributed by atoms with van der Waals surface area (Å²) >= 11 is 0. The highest BCUT2D eigenvalue weighted by molar-refractivity contribution is 5.80. The van der Waals surface area contributed by atoms with Crippen LogP contribution in [-0.2, 0) is 20.7 Å². The predicted molar refractivity (Wildman–Crippen MR) is 82.8 cm³/mol. The van der Waals surface area contributed by atoms with Crippen LogP contribution in [0.15, 0.2) is 54.6 Å². The molecule has 4 heteroatoms. The van der Waals surface area contributed by atoms with E-state index in [0.29, 0.717) is 5.75 Å². The molecule has 0 fully saturated rings. The van der Waals surface area contributed by atoms with E-state index in [2.05, 4.69) is 0 Å². The van der Waals surface area contributed by atoms with Crippen molar-refractivity contribution in [2.75, 3.05) is 13.2 Å². The molecule has 0 atom stereocenters. The van der Waals surface area contributed by atoms with Crippen molar-refractivity contribution >= 4 is 11.8 Å². The molecule has 2 rings (SSSR count). The summed E-state index contributed by atoms with van der Waals surface area (Å²) in [7, 11) is 0. The second kappa shape index (κ2) is 7.98.